The summed E-state index contributed by atoms with van der Waals surface area (Å²) >= 11 is 1.34. The van der Waals surface area contributed by atoms with E-state index >= 15 is 0 Å². The number of ether oxygens (including phenoxy) is 2. The van der Waals surface area contributed by atoms with E-state index in [0.717, 1.165) is 22.1 Å². The van der Waals surface area contributed by atoms with Gasteiger partial charge in [-0.15, -0.1) is 11.3 Å². The molecule has 0 unspecified atom stereocenters. The van der Waals surface area contributed by atoms with E-state index in [0.29, 0.717) is 22.9 Å². The van der Waals surface area contributed by atoms with E-state index < -0.39 is 0 Å². The second kappa shape index (κ2) is 8.10. The number of fused-ring (bicyclic) bond motifs is 1. The average molecular weight is 390 g/mol. The van der Waals surface area contributed by atoms with Gasteiger partial charge < -0.3 is 14.8 Å². The summed E-state index contributed by atoms with van der Waals surface area (Å²) in [4.78, 5) is 17.1. The van der Waals surface area contributed by atoms with Crippen molar-refractivity contribution < 1.29 is 14.3 Å². The molecule has 2 aromatic carbocycles. The molecule has 0 aliphatic carbocycles. The zero-order chi connectivity index (χ0) is 19.3. The molecule has 0 fully saturated rings. The monoisotopic (exact) mass is 390 g/mol. The molecule has 140 valence electrons. The predicted molar refractivity (Wildman–Crippen MR) is 111 cm³/mol. The van der Waals surface area contributed by atoms with E-state index in [9.17, 15) is 4.79 Å². The van der Waals surface area contributed by atoms with Gasteiger partial charge in [0.05, 0.1) is 19.0 Å². The zero-order valence-corrected chi connectivity index (χ0v) is 16.0. The molecule has 1 N–H and O–H groups in total. The fourth-order valence-electron chi connectivity index (χ4n) is 3.01. The standard InChI is InChI=1S/C22H18N2O3S/c1-26-19-9-8-15-5-2-3-7-17(15)18(19)14-27-20-10-12-28-21(20)22(25)24-16-6-4-11-23-13-16/h2-13H,14H2,1H3,(H,24,25). The number of carbonyl (C=O) groups is 1. The molecule has 4 aromatic rings. The lowest BCUT2D eigenvalue weighted by molar-refractivity contribution is 0.102. The van der Waals surface area contributed by atoms with Crippen LogP contribution in [0.2, 0.25) is 0 Å². The lowest BCUT2D eigenvalue weighted by atomic mass is 10.0. The fraction of sp³-hybridized carbons (Fsp3) is 0.0909. The van der Waals surface area contributed by atoms with Gasteiger partial charge in [-0.1, -0.05) is 30.3 Å². The molecule has 4 rings (SSSR count). The van der Waals surface area contributed by atoms with Crippen LogP contribution in [0.3, 0.4) is 0 Å². The maximum atomic E-state index is 12.6. The first kappa shape index (κ1) is 18.0. The Morgan fingerprint density at radius 1 is 1.07 bits per heavy atom. The van der Waals surface area contributed by atoms with Crippen molar-refractivity contribution in [3.8, 4) is 11.5 Å². The molecule has 2 aromatic heterocycles. The van der Waals surface area contributed by atoms with Gasteiger partial charge in [-0.2, -0.15) is 0 Å². The highest BCUT2D eigenvalue weighted by Crippen LogP contribution is 2.31. The molecule has 5 nitrogen and oxygen atoms in total. The summed E-state index contributed by atoms with van der Waals surface area (Å²) in [6, 6.07) is 17.4. The Hall–Kier alpha value is -3.38. The molecule has 0 spiro atoms. The van der Waals surface area contributed by atoms with Crippen molar-refractivity contribution in [3.05, 3.63) is 82.8 Å². The number of nitrogens with zero attached hydrogens (tertiary/aromatic N) is 1. The van der Waals surface area contributed by atoms with Crippen LogP contribution in [0.4, 0.5) is 5.69 Å². The minimum atomic E-state index is -0.220. The lowest BCUT2D eigenvalue weighted by Gasteiger charge is -2.13. The fourth-order valence-corrected chi connectivity index (χ4v) is 3.74. The van der Waals surface area contributed by atoms with Crippen molar-refractivity contribution in [2.24, 2.45) is 0 Å². The highest BCUT2D eigenvalue weighted by atomic mass is 32.1. The number of methoxy groups -OCH3 is 1. The maximum absolute atomic E-state index is 12.6. The van der Waals surface area contributed by atoms with E-state index in [4.69, 9.17) is 9.47 Å². The molecular weight excluding hydrogens is 372 g/mol. The summed E-state index contributed by atoms with van der Waals surface area (Å²) in [6.07, 6.45) is 3.26. The molecule has 0 atom stereocenters. The highest BCUT2D eigenvalue weighted by Gasteiger charge is 2.16. The number of thiophene rings is 1. The van der Waals surface area contributed by atoms with E-state index in [2.05, 4.69) is 16.4 Å². The number of rotatable bonds is 6. The summed E-state index contributed by atoms with van der Waals surface area (Å²) < 4.78 is 11.5. The molecule has 28 heavy (non-hydrogen) atoms. The number of anilines is 1. The molecule has 6 heteroatoms. The van der Waals surface area contributed by atoms with E-state index in [1.54, 1.807) is 37.7 Å². The van der Waals surface area contributed by atoms with Crippen LogP contribution in [0, 0.1) is 0 Å². The summed E-state index contributed by atoms with van der Waals surface area (Å²) in [5.41, 5.74) is 1.59. The van der Waals surface area contributed by atoms with Gasteiger partial charge in [-0.3, -0.25) is 9.78 Å². The Morgan fingerprint density at radius 2 is 1.96 bits per heavy atom. The first-order chi connectivity index (χ1) is 13.8. The molecule has 0 radical (unpaired) electrons. The van der Waals surface area contributed by atoms with Gasteiger partial charge >= 0.3 is 0 Å². The lowest BCUT2D eigenvalue weighted by Crippen LogP contribution is -2.12. The average Bonchev–Trinajstić information content (AvgIpc) is 3.21. The molecule has 0 aliphatic rings. The number of benzene rings is 2. The van der Waals surface area contributed by atoms with Crippen molar-refractivity contribution >= 4 is 33.7 Å². The molecular formula is C22H18N2O3S. The molecule has 0 saturated heterocycles. The van der Waals surface area contributed by atoms with Gasteiger partial charge in [-0.25, -0.2) is 0 Å². The van der Waals surface area contributed by atoms with Gasteiger partial charge in [-0.05, 0) is 40.4 Å². The van der Waals surface area contributed by atoms with Crippen LogP contribution in [-0.4, -0.2) is 18.0 Å². The normalized spacial score (nSPS) is 10.6. The molecule has 0 bridgehead atoms. The quantitative estimate of drug-likeness (QED) is 0.495. The topological polar surface area (TPSA) is 60.5 Å². The summed E-state index contributed by atoms with van der Waals surface area (Å²) in [5, 5.41) is 6.86. The molecule has 0 aliphatic heterocycles. The van der Waals surface area contributed by atoms with Gasteiger partial charge in [0.25, 0.3) is 5.91 Å². The van der Waals surface area contributed by atoms with Crippen molar-refractivity contribution in [1.82, 2.24) is 4.98 Å². The minimum absolute atomic E-state index is 0.220. The van der Waals surface area contributed by atoms with E-state index in [1.807, 2.05) is 35.7 Å². The van der Waals surface area contributed by atoms with Crippen LogP contribution in [-0.2, 0) is 6.61 Å². The van der Waals surface area contributed by atoms with Gasteiger partial charge in [0, 0.05) is 11.8 Å². The minimum Gasteiger partial charge on any atom is -0.496 e. The number of pyridine rings is 1. The smallest absolute Gasteiger partial charge is 0.269 e. The van der Waals surface area contributed by atoms with Crippen molar-refractivity contribution in [2.75, 3.05) is 12.4 Å². The number of hydrogen-bond acceptors (Lipinski definition) is 5. The first-order valence-corrected chi connectivity index (χ1v) is 9.60. The molecule has 2 heterocycles. The van der Waals surface area contributed by atoms with Crippen LogP contribution in [0.5, 0.6) is 11.5 Å². The van der Waals surface area contributed by atoms with Crippen LogP contribution >= 0.6 is 11.3 Å². The molecule has 1 amide bonds. The van der Waals surface area contributed by atoms with Crippen LogP contribution < -0.4 is 14.8 Å². The second-order valence-electron chi connectivity index (χ2n) is 6.07. The van der Waals surface area contributed by atoms with Crippen LogP contribution in [0.15, 0.2) is 72.4 Å². The Kier molecular flexibility index (Phi) is 5.21. The highest BCUT2D eigenvalue weighted by molar-refractivity contribution is 7.12. The predicted octanol–water partition coefficient (Wildman–Crippen LogP) is 5.14. The number of hydrogen-bond donors (Lipinski definition) is 1. The Bertz CT molecular complexity index is 1110. The van der Waals surface area contributed by atoms with Crippen molar-refractivity contribution in [3.63, 3.8) is 0 Å². The molecule has 0 saturated carbocycles. The number of nitrogens with one attached hydrogen (secondary N) is 1. The van der Waals surface area contributed by atoms with Crippen LogP contribution in [0.25, 0.3) is 10.8 Å². The second-order valence-corrected chi connectivity index (χ2v) is 6.98. The Balaban J connectivity index is 1.56. The summed E-state index contributed by atoms with van der Waals surface area (Å²) in [5.74, 6) is 1.08. The third kappa shape index (κ3) is 3.68. The van der Waals surface area contributed by atoms with Gasteiger partial charge in [0.1, 0.15) is 23.0 Å². The summed E-state index contributed by atoms with van der Waals surface area (Å²) in [6.45, 7) is 0.300. The summed E-state index contributed by atoms with van der Waals surface area (Å²) in [7, 11) is 1.64. The number of aromatic nitrogens is 1. The zero-order valence-electron chi connectivity index (χ0n) is 15.2. The largest absolute Gasteiger partial charge is 0.496 e. The van der Waals surface area contributed by atoms with E-state index in [1.165, 1.54) is 11.3 Å². The SMILES string of the molecule is COc1ccc2ccccc2c1COc1ccsc1C(=O)Nc1cccnc1. The number of amides is 1. The van der Waals surface area contributed by atoms with Gasteiger partial charge in [0.15, 0.2) is 0 Å². The third-order valence-corrected chi connectivity index (χ3v) is 5.24. The van der Waals surface area contributed by atoms with Crippen molar-refractivity contribution in [1.29, 1.82) is 0 Å². The Labute approximate surface area is 166 Å². The van der Waals surface area contributed by atoms with Crippen molar-refractivity contribution in [2.45, 2.75) is 6.61 Å². The van der Waals surface area contributed by atoms with Crippen LogP contribution in [0.1, 0.15) is 15.2 Å². The number of carbonyl (C=O) groups excluding carboxylic acids is 1. The van der Waals surface area contributed by atoms with E-state index in [-0.39, 0.29) is 5.91 Å². The first-order valence-electron chi connectivity index (χ1n) is 8.72. The Morgan fingerprint density at radius 3 is 2.79 bits per heavy atom. The third-order valence-electron chi connectivity index (χ3n) is 4.34. The van der Waals surface area contributed by atoms with Gasteiger partial charge in [0.2, 0.25) is 0 Å². The maximum Gasteiger partial charge on any atom is 0.269 e.